The van der Waals surface area contributed by atoms with Gasteiger partial charge in [0.05, 0.1) is 33.2 Å². The molecular weight excluding hydrogens is 424 g/mol. The number of hydrogen-bond acceptors (Lipinski definition) is 8. The van der Waals surface area contributed by atoms with Crippen LogP contribution in [0.5, 0.6) is 0 Å². The molecule has 0 fully saturated rings. The minimum atomic E-state index is -0.512. The quantitative estimate of drug-likeness (QED) is 0.266. The van der Waals surface area contributed by atoms with Gasteiger partial charge in [-0.25, -0.2) is 15.0 Å². The third-order valence-electron chi connectivity index (χ3n) is 4.65. The monoisotopic (exact) mass is 446 g/mol. The number of rotatable bonds is 5. The number of aromatic nitrogens is 3. The summed E-state index contributed by atoms with van der Waals surface area (Å²) in [5.41, 5.74) is 17.1. The largest absolute Gasteiger partial charge is 0.393 e. The number of nitrogens with zero attached hydrogens (tertiary/aromatic N) is 4. The van der Waals surface area contributed by atoms with Gasteiger partial charge in [-0.3, -0.25) is 5.41 Å². The zero-order valence-electron chi connectivity index (χ0n) is 17.5. The van der Waals surface area contributed by atoms with Gasteiger partial charge >= 0.3 is 0 Å². The molecule has 0 saturated carbocycles. The molecule has 2 aromatic heterocycles. The van der Waals surface area contributed by atoms with E-state index in [0.717, 1.165) is 32.9 Å². The first-order valence-electron chi connectivity index (χ1n) is 9.79. The Hall–Kier alpha value is -4.05. The standard InChI is InChI=1S/C22H22N8OS/c1-12(14-4-3-5-16(8-14)30-22(25)31-21(23)24)27-20-10-18(28-13(2)29-20)15-6-7-17-19(9-15)32-11-26-17/h3-12H,1-2H3,(H3,23,24)(H2,25,30)(H,27,28,29). The van der Waals surface area contributed by atoms with E-state index < -0.39 is 6.02 Å². The third kappa shape index (κ3) is 4.98. The Balaban J connectivity index is 1.56. The Labute approximate surface area is 188 Å². The van der Waals surface area contributed by atoms with Crippen LogP contribution in [-0.2, 0) is 4.74 Å². The summed E-state index contributed by atoms with van der Waals surface area (Å²) < 4.78 is 5.91. The first-order valence-corrected chi connectivity index (χ1v) is 10.7. The summed E-state index contributed by atoms with van der Waals surface area (Å²) in [7, 11) is 0. The summed E-state index contributed by atoms with van der Waals surface area (Å²) in [6.07, 6.45) is 0. The highest BCUT2D eigenvalue weighted by molar-refractivity contribution is 7.16. The van der Waals surface area contributed by atoms with Crippen LogP contribution in [-0.4, -0.2) is 27.0 Å². The zero-order valence-corrected chi connectivity index (χ0v) is 18.4. The van der Waals surface area contributed by atoms with Gasteiger partial charge in [0.15, 0.2) is 0 Å². The molecule has 4 aromatic rings. The molecule has 10 heteroatoms. The first kappa shape index (κ1) is 21.2. The van der Waals surface area contributed by atoms with Crippen LogP contribution in [0.2, 0.25) is 0 Å². The molecule has 6 N–H and O–H groups in total. The Morgan fingerprint density at radius 1 is 1.16 bits per heavy atom. The van der Waals surface area contributed by atoms with Gasteiger partial charge in [-0.1, -0.05) is 18.2 Å². The van der Waals surface area contributed by atoms with Crippen molar-refractivity contribution in [1.29, 1.82) is 5.41 Å². The van der Waals surface area contributed by atoms with Crippen molar-refractivity contribution < 1.29 is 4.74 Å². The SMILES string of the molecule is Cc1nc(NC(C)c2cccc(N=C(N)OC(=N)N)c2)cc(-c2ccc3ncsc3c2)n1. The average molecular weight is 447 g/mol. The molecule has 0 bridgehead atoms. The second-order valence-electron chi connectivity index (χ2n) is 7.10. The highest BCUT2D eigenvalue weighted by Gasteiger charge is 2.11. The van der Waals surface area contributed by atoms with Crippen molar-refractivity contribution >= 4 is 45.1 Å². The smallest absolute Gasteiger partial charge is 0.295 e. The molecule has 2 aromatic carbocycles. The van der Waals surface area contributed by atoms with Gasteiger partial charge in [0.25, 0.3) is 12.0 Å². The number of amidine groups is 2. The van der Waals surface area contributed by atoms with Crippen LogP contribution < -0.4 is 16.8 Å². The van der Waals surface area contributed by atoms with E-state index in [1.165, 1.54) is 0 Å². The molecule has 0 amide bonds. The summed E-state index contributed by atoms with van der Waals surface area (Å²) in [5.74, 6) is 1.40. The van der Waals surface area contributed by atoms with Gasteiger partial charge in [-0.15, -0.1) is 11.3 Å². The fraction of sp³-hybridized carbons (Fsp3) is 0.136. The number of hydrogen-bond donors (Lipinski definition) is 4. The molecule has 0 aliphatic heterocycles. The molecule has 0 aliphatic rings. The zero-order chi connectivity index (χ0) is 22.7. The van der Waals surface area contributed by atoms with Crippen LogP contribution in [0.15, 0.2) is 59.0 Å². The molecule has 0 saturated heterocycles. The highest BCUT2D eigenvalue weighted by atomic mass is 32.1. The third-order valence-corrected chi connectivity index (χ3v) is 5.45. The van der Waals surface area contributed by atoms with Crippen molar-refractivity contribution in [2.45, 2.75) is 19.9 Å². The van der Waals surface area contributed by atoms with E-state index in [4.69, 9.17) is 21.6 Å². The van der Waals surface area contributed by atoms with E-state index in [2.05, 4.69) is 31.3 Å². The van der Waals surface area contributed by atoms with Crippen LogP contribution in [0.1, 0.15) is 24.4 Å². The van der Waals surface area contributed by atoms with E-state index in [1.54, 1.807) is 17.4 Å². The fourth-order valence-electron chi connectivity index (χ4n) is 3.24. The van der Waals surface area contributed by atoms with Crippen molar-refractivity contribution in [3.63, 3.8) is 0 Å². The van der Waals surface area contributed by atoms with Crippen molar-refractivity contribution in [2.75, 3.05) is 5.32 Å². The predicted molar refractivity (Wildman–Crippen MR) is 128 cm³/mol. The van der Waals surface area contributed by atoms with Gasteiger partial charge in [0.1, 0.15) is 11.6 Å². The van der Waals surface area contributed by atoms with Crippen LogP contribution in [0.3, 0.4) is 0 Å². The molecular formula is C22H22N8OS. The number of thiazole rings is 1. The van der Waals surface area contributed by atoms with Crippen molar-refractivity contribution in [1.82, 2.24) is 15.0 Å². The lowest BCUT2D eigenvalue weighted by molar-refractivity contribution is 0.523. The van der Waals surface area contributed by atoms with E-state index in [1.807, 2.05) is 55.8 Å². The topological polar surface area (TPSA) is 148 Å². The van der Waals surface area contributed by atoms with E-state index in [-0.39, 0.29) is 12.1 Å². The highest BCUT2D eigenvalue weighted by Crippen LogP contribution is 2.28. The second-order valence-corrected chi connectivity index (χ2v) is 7.98. The number of benzene rings is 2. The van der Waals surface area contributed by atoms with Gasteiger partial charge in [0, 0.05) is 11.6 Å². The minimum Gasteiger partial charge on any atom is -0.393 e. The Bertz CT molecular complexity index is 1320. The Kier molecular flexibility index (Phi) is 5.95. The summed E-state index contributed by atoms with van der Waals surface area (Å²) in [6, 6.07) is 14.8. The number of nitrogens with two attached hydrogens (primary N) is 2. The molecule has 9 nitrogen and oxygen atoms in total. The van der Waals surface area contributed by atoms with E-state index in [0.29, 0.717) is 11.5 Å². The maximum atomic E-state index is 7.12. The van der Waals surface area contributed by atoms with Crippen molar-refractivity contribution in [3.05, 3.63) is 65.4 Å². The molecule has 4 rings (SSSR count). The summed E-state index contributed by atoms with van der Waals surface area (Å²) in [5, 5.41) is 10.6. The van der Waals surface area contributed by atoms with Crippen LogP contribution >= 0.6 is 11.3 Å². The van der Waals surface area contributed by atoms with Gasteiger partial charge in [-0.2, -0.15) is 4.99 Å². The second kappa shape index (κ2) is 8.98. The maximum Gasteiger partial charge on any atom is 0.295 e. The number of ether oxygens (including phenoxy) is 1. The molecule has 32 heavy (non-hydrogen) atoms. The molecule has 0 radical (unpaired) electrons. The van der Waals surface area contributed by atoms with Gasteiger partial charge < -0.3 is 21.5 Å². The maximum absolute atomic E-state index is 7.12. The molecule has 0 aliphatic carbocycles. The fourth-order valence-corrected chi connectivity index (χ4v) is 3.95. The molecule has 1 atom stereocenters. The minimum absolute atomic E-state index is 0.0637. The number of fused-ring (bicyclic) bond motifs is 1. The number of anilines is 1. The molecule has 0 spiro atoms. The predicted octanol–water partition coefficient (Wildman–Crippen LogP) is 4.09. The van der Waals surface area contributed by atoms with Crippen molar-refractivity contribution in [3.8, 4) is 11.3 Å². The lowest BCUT2D eigenvalue weighted by atomic mass is 10.1. The number of aliphatic imine (C=N–C) groups is 1. The van der Waals surface area contributed by atoms with E-state index in [9.17, 15) is 0 Å². The summed E-state index contributed by atoms with van der Waals surface area (Å²) >= 11 is 1.60. The Morgan fingerprint density at radius 2 is 2.00 bits per heavy atom. The molecule has 1 unspecified atom stereocenters. The van der Waals surface area contributed by atoms with Crippen LogP contribution in [0.25, 0.3) is 21.5 Å². The van der Waals surface area contributed by atoms with Gasteiger partial charge in [0.2, 0.25) is 0 Å². The molecule has 162 valence electrons. The lowest BCUT2D eigenvalue weighted by Crippen LogP contribution is -2.25. The van der Waals surface area contributed by atoms with Crippen LogP contribution in [0.4, 0.5) is 11.5 Å². The first-order chi connectivity index (χ1) is 15.4. The summed E-state index contributed by atoms with van der Waals surface area (Å²) in [4.78, 5) is 17.6. The Morgan fingerprint density at radius 3 is 2.81 bits per heavy atom. The molecule has 2 heterocycles. The number of nitrogens with one attached hydrogen (secondary N) is 2. The van der Waals surface area contributed by atoms with Crippen molar-refractivity contribution in [2.24, 2.45) is 16.5 Å². The lowest BCUT2D eigenvalue weighted by Gasteiger charge is -2.16. The van der Waals surface area contributed by atoms with E-state index >= 15 is 0 Å². The normalized spacial score (nSPS) is 12.5. The summed E-state index contributed by atoms with van der Waals surface area (Å²) in [6.45, 7) is 3.90. The van der Waals surface area contributed by atoms with Crippen LogP contribution in [0, 0.1) is 12.3 Å². The van der Waals surface area contributed by atoms with Gasteiger partial charge in [-0.05, 0) is 43.7 Å². The number of aryl methyl sites for hydroxylation is 1. The average Bonchev–Trinajstić information content (AvgIpc) is 3.20.